The molecule has 1 amide bonds. The van der Waals surface area contributed by atoms with Crippen molar-refractivity contribution in [2.75, 3.05) is 11.9 Å². The second-order valence-corrected chi connectivity index (χ2v) is 5.55. The van der Waals surface area contributed by atoms with E-state index in [2.05, 4.69) is 10.4 Å². The number of nitrogens with one attached hydrogen (secondary N) is 1. The zero-order chi connectivity index (χ0) is 17.1. The summed E-state index contributed by atoms with van der Waals surface area (Å²) < 4.78 is 6.46. The van der Waals surface area contributed by atoms with Gasteiger partial charge in [-0.3, -0.25) is 9.48 Å². The van der Waals surface area contributed by atoms with Gasteiger partial charge in [0.05, 0.1) is 39.2 Å². The van der Waals surface area contributed by atoms with Crippen molar-refractivity contribution < 1.29 is 14.3 Å². The molecule has 2 aromatic rings. The average molecular weight is 356 g/mol. The summed E-state index contributed by atoms with van der Waals surface area (Å²) in [5, 5.41) is 6.95. The number of carbonyl (C=O) groups excluding carboxylic acids is 2. The molecule has 0 fully saturated rings. The van der Waals surface area contributed by atoms with Crippen LogP contribution in [0.15, 0.2) is 18.3 Å². The fourth-order valence-electron chi connectivity index (χ4n) is 2.05. The molecule has 0 bridgehead atoms. The number of esters is 1. The third kappa shape index (κ3) is 3.65. The molecule has 0 unspecified atom stereocenters. The minimum absolute atomic E-state index is 0.0240. The molecule has 6 nitrogen and oxygen atoms in total. The van der Waals surface area contributed by atoms with Crippen LogP contribution in [0.2, 0.25) is 10.0 Å². The summed E-state index contributed by atoms with van der Waals surface area (Å²) in [4.78, 5) is 24.3. The van der Waals surface area contributed by atoms with Gasteiger partial charge in [-0.25, -0.2) is 4.79 Å². The Bertz CT molecular complexity index is 772. The van der Waals surface area contributed by atoms with Crippen molar-refractivity contribution in [1.29, 1.82) is 0 Å². The molecular formula is C15H15Cl2N3O3. The molecule has 0 aliphatic heterocycles. The number of hydrogen-bond acceptors (Lipinski definition) is 4. The largest absolute Gasteiger partial charge is 0.462 e. The molecule has 8 heteroatoms. The van der Waals surface area contributed by atoms with Gasteiger partial charge in [0.25, 0.3) is 5.91 Å². The maximum Gasteiger partial charge on any atom is 0.341 e. The zero-order valence-electron chi connectivity index (χ0n) is 12.8. The van der Waals surface area contributed by atoms with Crippen molar-refractivity contribution in [3.05, 3.63) is 45.2 Å². The number of hydrogen-bond donors (Lipinski definition) is 1. The first-order chi connectivity index (χ1) is 10.8. The number of halogens is 2. The predicted octanol–water partition coefficient (Wildman–Crippen LogP) is 3.46. The first kappa shape index (κ1) is 17.3. The second kappa shape index (κ2) is 7.02. The summed E-state index contributed by atoms with van der Waals surface area (Å²) in [6.45, 7) is 3.59. The van der Waals surface area contributed by atoms with Crippen molar-refractivity contribution >= 4 is 40.8 Å². The van der Waals surface area contributed by atoms with Gasteiger partial charge in [-0.05, 0) is 26.0 Å². The predicted molar refractivity (Wildman–Crippen MR) is 88.3 cm³/mol. The van der Waals surface area contributed by atoms with Crippen molar-refractivity contribution in [3.63, 3.8) is 0 Å². The van der Waals surface area contributed by atoms with Crippen molar-refractivity contribution in [3.8, 4) is 0 Å². The van der Waals surface area contributed by atoms with Gasteiger partial charge in [-0.15, -0.1) is 0 Å². The van der Waals surface area contributed by atoms with Gasteiger partial charge in [0.15, 0.2) is 0 Å². The monoisotopic (exact) mass is 355 g/mol. The molecule has 0 radical (unpaired) electrons. The molecule has 0 saturated heterocycles. The van der Waals surface area contributed by atoms with Crippen LogP contribution in [-0.4, -0.2) is 28.3 Å². The first-order valence-electron chi connectivity index (χ1n) is 6.81. The van der Waals surface area contributed by atoms with E-state index in [0.717, 1.165) is 0 Å². The van der Waals surface area contributed by atoms with Crippen LogP contribution < -0.4 is 5.32 Å². The van der Waals surface area contributed by atoms with Crippen LogP contribution in [0.3, 0.4) is 0 Å². The van der Waals surface area contributed by atoms with Gasteiger partial charge in [0.1, 0.15) is 0 Å². The minimum atomic E-state index is -0.642. The third-order valence-corrected chi connectivity index (χ3v) is 3.78. The topological polar surface area (TPSA) is 73.2 Å². The summed E-state index contributed by atoms with van der Waals surface area (Å²) >= 11 is 12.2. The van der Waals surface area contributed by atoms with E-state index in [1.165, 1.54) is 16.8 Å². The van der Waals surface area contributed by atoms with Crippen LogP contribution >= 0.6 is 23.2 Å². The Kier molecular flexibility index (Phi) is 5.28. The van der Waals surface area contributed by atoms with E-state index in [1.54, 1.807) is 27.1 Å². The summed E-state index contributed by atoms with van der Waals surface area (Å²) in [5.74, 6) is -1.02. The number of nitrogens with zero attached hydrogens (tertiary/aromatic N) is 2. The molecule has 1 aromatic carbocycles. The highest BCUT2D eigenvalue weighted by molar-refractivity contribution is 6.41. The SMILES string of the molecule is CCOC(=O)c1c(Cl)ccc(NC(=O)c2cn(C)nc2C)c1Cl. The van der Waals surface area contributed by atoms with Gasteiger partial charge in [0.2, 0.25) is 0 Å². The molecule has 122 valence electrons. The smallest absolute Gasteiger partial charge is 0.341 e. The number of rotatable bonds is 4. The van der Waals surface area contributed by atoms with E-state index in [1.807, 2.05) is 0 Å². The molecule has 2 rings (SSSR count). The van der Waals surface area contributed by atoms with Crippen LogP contribution in [0.5, 0.6) is 0 Å². The average Bonchev–Trinajstić information content (AvgIpc) is 2.81. The van der Waals surface area contributed by atoms with Crippen molar-refractivity contribution in [1.82, 2.24) is 9.78 Å². The summed E-state index contributed by atoms with van der Waals surface area (Å²) in [7, 11) is 1.72. The van der Waals surface area contributed by atoms with Gasteiger partial charge < -0.3 is 10.1 Å². The number of aromatic nitrogens is 2. The maximum atomic E-state index is 12.3. The molecule has 0 aliphatic carbocycles. The van der Waals surface area contributed by atoms with Crippen LogP contribution in [0.4, 0.5) is 5.69 Å². The van der Waals surface area contributed by atoms with E-state index in [-0.39, 0.29) is 33.8 Å². The minimum Gasteiger partial charge on any atom is -0.462 e. The second-order valence-electron chi connectivity index (χ2n) is 4.76. The van der Waals surface area contributed by atoms with Crippen LogP contribution in [0.1, 0.15) is 33.3 Å². The fraction of sp³-hybridized carbons (Fsp3) is 0.267. The number of carbonyl (C=O) groups is 2. The standard InChI is InChI=1S/C15H15Cl2N3O3/c1-4-23-15(22)12-10(16)5-6-11(13(12)17)18-14(21)9-7-20(3)19-8(9)2/h5-7H,4H2,1-3H3,(H,18,21). The Balaban J connectivity index is 2.34. The molecule has 1 aromatic heterocycles. The Morgan fingerprint density at radius 3 is 2.61 bits per heavy atom. The van der Waals surface area contributed by atoms with Gasteiger partial charge in [-0.2, -0.15) is 5.10 Å². The highest BCUT2D eigenvalue weighted by Gasteiger charge is 2.21. The summed E-state index contributed by atoms with van der Waals surface area (Å²) in [6, 6.07) is 3.00. The molecule has 0 atom stereocenters. The lowest BCUT2D eigenvalue weighted by Gasteiger charge is -2.11. The highest BCUT2D eigenvalue weighted by atomic mass is 35.5. The van der Waals surface area contributed by atoms with Gasteiger partial charge >= 0.3 is 5.97 Å². The van der Waals surface area contributed by atoms with Crippen molar-refractivity contribution in [2.45, 2.75) is 13.8 Å². The van der Waals surface area contributed by atoms with Crippen molar-refractivity contribution in [2.24, 2.45) is 7.05 Å². The summed E-state index contributed by atoms with van der Waals surface area (Å²) in [5.41, 5.74) is 1.29. The number of anilines is 1. The fourth-order valence-corrected chi connectivity index (χ4v) is 2.62. The normalized spacial score (nSPS) is 10.5. The number of benzene rings is 1. The van der Waals surface area contributed by atoms with Crippen LogP contribution in [-0.2, 0) is 11.8 Å². The Labute approximate surface area is 143 Å². The maximum absolute atomic E-state index is 12.3. The Hall–Kier alpha value is -2.05. The van der Waals surface area contributed by atoms with Crippen LogP contribution in [0.25, 0.3) is 0 Å². The summed E-state index contributed by atoms with van der Waals surface area (Å²) in [6.07, 6.45) is 1.60. The number of ether oxygens (including phenoxy) is 1. The van der Waals surface area contributed by atoms with E-state index in [9.17, 15) is 9.59 Å². The molecule has 0 saturated carbocycles. The number of aryl methyl sites for hydroxylation is 2. The molecule has 0 aliphatic rings. The Morgan fingerprint density at radius 1 is 1.35 bits per heavy atom. The van der Waals surface area contributed by atoms with E-state index >= 15 is 0 Å². The molecule has 1 N–H and O–H groups in total. The van der Waals surface area contributed by atoms with Gasteiger partial charge in [-0.1, -0.05) is 23.2 Å². The molecular weight excluding hydrogens is 341 g/mol. The lowest BCUT2D eigenvalue weighted by Crippen LogP contribution is -2.14. The molecule has 0 spiro atoms. The van der Waals surface area contributed by atoms with E-state index in [0.29, 0.717) is 11.3 Å². The highest BCUT2D eigenvalue weighted by Crippen LogP contribution is 2.32. The van der Waals surface area contributed by atoms with Crippen LogP contribution in [0, 0.1) is 6.92 Å². The van der Waals surface area contributed by atoms with Gasteiger partial charge in [0, 0.05) is 13.2 Å². The third-order valence-electron chi connectivity index (χ3n) is 3.08. The van der Waals surface area contributed by atoms with E-state index in [4.69, 9.17) is 27.9 Å². The quantitative estimate of drug-likeness (QED) is 0.852. The number of amides is 1. The Morgan fingerprint density at radius 2 is 2.04 bits per heavy atom. The lowest BCUT2D eigenvalue weighted by atomic mass is 10.1. The van der Waals surface area contributed by atoms with E-state index < -0.39 is 5.97 Å². The lowest BCUT2D eigenvalue weighted by molar-refractivity contribution is 0.0526. The molecule has 1 heterocycles. The zero-order valence-corrected chi connectivity index (χ0v) is 14.3. The molecule has 23 heavy (non-hydrogen) atoms. The first-order valence-corrected chi connectivity index (χ1v) is 7.57.